The lowest BCUT2D eigenvalue weighted by Gasteiger charge is -2.46. The van der Waals surface area contributed by atoms with Gasteiger partial charge in [0, 0.05) is 30.5 Å². The van der Waals surface area contributed by atoms with Crippen LogP contribution in [0.2, 0.25) is 5.02 Å². The lowest BCUT2D eigenvalue weighted by molar-refractivity contribution is -0.144. The first-order chi connectivity index (χ1) is 16.1. The van der Waals surface area contributed by atoms with E-state index in [0.717, 1.165) is 50.6 Å². The fourth-order valence-electron chi connectivity index (χ4n) is 5.32. The quantitative estimate of drug-likeness (QED) is 0.544. The van der Waals surface area contributed by atoms with Crippen molar-refractivity contribution in [2.24, 2.45) is 5.92 Å². The fraction of sp³-hybridized carbons (Fsp3) is 0.444. The molecule has 5 nitrogen and oxygen atoms in total. The number of ether oxygens (including phenoxy) is 3. The van der Waals surface area contributed by atoms with E-state index < -0.39 is 5.41 Å². The minimum Gasteiger partial charge on any atom is -0.459 e. The van der Waals surface area contributed by atoms with Gasteiger partial charge in [-0.05, 0) is 48.9 Å². The van der Waals surface area contributed by atoms with Crippen molar-refractivity contribution in [2.75, 3.05) is 19.9 Å². The van der Waals surface area contributed by atoms with Crippen molar-refractivity contribution in [3.8, 4) is 0 Å². The number of benzene rings is 2. The molecule has 2 unspecified atom stereocenters. The molecule has 1 saturated carbocycles. The number of likely N-dealkylation sites (tertiary alicyclic amines) is 1. The maximum Gasteiger partial charge on any atom is 0.318 e. The molecule has 0 radical (unpaired) electrons. The predicted octanol–water partition coefficient (Wildman–Crippen LogP) is 5.43. The summed E-state index contributed by atoms with van der Waals surface area (Å²) in [6.45, 7) is 1.68. The summed E-state index contributed by atoms with van der Waals surface area (Å²) in [4.78, 5) is 15.9. The molecule has 0 spiro atoms. The Balaban J connectivity index is 1.34. The summed E-state index contributed by atoms with van der Waals surface area (Å²) in [5, 5.41) is 0.701. The van der Waals surface area contributed by atoms with Crippen LogP contribution in [0.25, 0.3) is 0 Å². The van der Waals surface area contributed by atoms with Gasteiger partial charge in [-0.1, -0.05) is 60.5 Å². The highest BCUT2D eigenvalue weighted by atomic mass is 35.5. The molecule has 2 aromatic rings. The Kier molecular flexibility index (Phi) is 6.50. The van der Waals surface area contributed by atoms with Gasteiger partial charge in [0.25, 0.3) is 0 Å². The van der Waals surface area contributed by atoms with Crippen molar-refractivity contribution >= 4 is 17.5 Å². The minimum atomic E-state index is -0.410. The van der Waals surface area contributed by atoms with E-state index in [9.17, 15) is 4.79 Å². The molecule has 174 valence electrons. The van der Waals surface area contributed by atoms with Crippen molar-refractivity contribution in [1.82, 2.24) is 4.90 Å². The highest BCUT2D eigenvalue weighted by Gasteiger charge is 2.48. The van der Waals surface area contributed by atoms with E-state index in [1.54, 1.807) is 0 Å². The molecule has 1 saturated heterocycles. The number of piperidine rings is 1. The summed E-state index contributed by atoms with van der Waals surface area (Å²) in [5.74, 6) is 0.894. The first-order valence-corrected chi connectivity index (χ1v) is 12.2. The van der Waals surface area contributed by atoms with E-state index in [1.165, 1.54) is 11.8 Å². The van der Waals surface area contributed by atoms with Crippen molar-refractivity contribution in [1.29, 1.82) is 0 Å². The summed E-state index contributed by atoms with van der Waals surface area (Å²) in [6.07, 6.45) is 7.07. The topological polar surface area (TPSA) is 48.0 Å². The van der Waals surface area contributed by atoms with Gasteiger partial charge >= 0.3 is 5.95 Å². The van der Waals surface area contributed by atoms with Crippen LogP contribution in [0.4, 0.5) is 0 Å². The molecule has 1 aliphatic carbocycles. The Bertz CT molecular complexity index is 987. The second kappa shape index (κ2) is 9.68. The molecule has 0 bridgehead atoms. The van der Waals surface area contributed by atoms with Gasteiger partial charge in [-0.3, -0.25) is 4.79 Å². The van der Waals surface area contributed by atoms with Crippen LogP contribution < -0.4 is 0 Å². The Morgan fingerprint density at radius 2 is 1.91 bits per heavy atom. The largest absolute Gasteiger partial charge is 0.459 e. The van der Waals surface area contributed by atoms with Gasteiger partial charge < -0.3 is 19.1 Å². The van der Waals surface area contributed by atoms with E-state index >= 15 is 0 Å². The first kappa shape index (κ1) is 22.1. The zero-order chi connectivity index (χ0) is 22.7. The van der Waals surface area contributed by atoms with E-state index in [0.29, 0.717) is 17.5 Å². The molecular weight excluding hydrogens is 438 g/mol. The molecule has 2 heterocycles. The van der Waals surface area contributed by atoms with Gasteiger partial charge in [-0.2, -0.15) is 0 Å². The molecule has 3 aliphatic rings. The molecule has 0 aromatic heterocycles. The lowest BCUT2D eigenvalue weighted by atomic mass is 9.63. The SMILES string of the molecule is O=C(N1CCCC(C(Cc2ccccc2)OC2=COCO2)C1)C1(c2ccc(Cl)cc2)CCC1. The number of hydrogen-bond donors (Lipinski definition) is 0. The third-order valence-corrected chi connectivity index (χ3v) is 7.53. The number of nitrogens with zero attached hydrogens (tertiary/aromatic N) is 1. The van der Waals surface area contributed by atoms with Gasteiger partial charge in [0.05, 0.1) is 5.41 Å². The fourth-order valence-corrected chi connectivity index (χ4v) is 5.44. The molecule has 2 aromatic carbocycles. The maximum absolute atomic E-state index is 13.9. The Morgan fingerprint density at radius 1 is 1.12 bits per heavy atom. The molecule has 0 N–H and O–H groups in total. The lowest BCUT2D eigenvalue weighted by Crippen LogP contribution is -2.54. The van der Waals surface area contributed by atoms with Gasteiger partial charge in [-0.15, -0.1) is 0 Å². The summed E-state index contributed by atoms with van der Waals surface area (Å²) in [5.41, 5.74) is 1.89. The van der Waals surface area contributed by atoms with Gasteiger partial charge in [0.1, 0.15) is 6.10 Å². The Hall–Kier alpha value is -2.66. The second-order valence-corrected chi connectivity index (χ2v) is 9.74. The zero-order valence-electron chi connectivity index (χ0n) is 18.8. The molecule has 33 heavy (non-hydrogen) atoms. The van der Waals surface area contributed by atoms with Crippen LogP contribution in [0.3, 0.4) is 0 Å². The van der Waals surface area contributed by atoms with Crippen LogP contribution in [0.1, 0.15) is 43.2 Å². The van der Waals surface area contributed by atoms with Gasteiger partial charge in [0.15, 0.2) is 6.26 Å². The normalized spacial score (nSPS) is 22.4. The Morgan fingerprint density at radius 3 is 2.58 bits per heavy atom. The third kappa shape index (κ3) is 4.70. The summed E-state index contributed by atoms with van der Waals surface area (Å²) >= 11 is 6.11. The van der Waals surface area contributed by atoms with Gasteiger partial charge in [0.2, 0.25) is 12.7 Å². The van der Waals surface area contributed by atoms with Crippen LogP contribution in [0, 0.1) is 5.92 Å². The molecule has 2 fully saturated rings. The summed E-state index contributed by atoms with van der Waals surface area (Å²) in [6, 6.07) is 18.2. The highest BCUT2D eigenvalue weighted by Crippen LogP contribution is 2.46. The number of halogens is 1. The molecule has 2 aliphatic heterocycles. The van der Waals surface area contributed by atoms with Crippen LogP contribution in [0.15, 0.2) is 66.8 Å². The average molecular weight is 468 g/mol. The number of amides is 1. The van der Waals surface area contributed by atoms with Crippen molar-refractivity contribution < 1.29 is 19.0 Å². The second-order valence-electron chi connectivity index (χ2n) is 9.31. The predicted molar refractivity (Wildman–Crippen MR) is 126 cm³/mol. The maximum atomic E-state index is 13.9. The average Bonchev–Trinajstić information content (AvgIpc) is 3.33. The number of carbonyl (C=O) groups excluding carboxylic acids is 1. The number of carbonyl (C=O) groups is 1. The zero-order valence-corrected chi connectivity index (χ0v) is 19.5. The van der Waals surface area contributed by atoms with Gasteiger partial charge in [-0.25, -0.2) is 0 Å². The van der Waals surface area contributed by atoms with Crippen molar-refractivity contribution in [2.45, 2.75) is 50.0 Å². The standard InChI is InChI=1S/C27H30ClNO4/c28-23-11-9-22(10-12-23)27(13-5-14-27)26(30)29-15-4-8-21(17-29)24(33-25-18-31-19-32-25)16-20-6-2-1-3-7-20/h1-3,6-7,9-12,18,21,24H,4-5,8,13-17,19H2. The van der Waals surface area contributed by atoms with Crippen LogP contribution in [0.5, 0.6) is 0 Å². The highest BCUT2D eigenvalue weighted by molar-refractivity contribution is 6.30. The first-order valence-electron chi connectivity index (χ1n) is 11.8. The molecular formula is C27H30ClNO4. The van der Waals surface area contributed by atoms with E-state index in [4.69, 9.17) is 25.8 Å². The Labute approximate surface area is 200 Å². The van der Waals surface area contributed by atoms with E-state index in [1.807, 2.05) is 42.5 Å². The van der Waals surface area contributed by atoms with E-state index in [2.05, 4.69) is 17.0 Å². The molecule has 1 amide bonds. The van der Waals surface area contributed by atoms with Crippen molar-refractivity contribution in [3.05, 3.63) is 83.0 Å². The van der Waals surface area contributed by atoms with Crippen LogP contribution >= 0.6 is 11.6 Å². The molecule has 2 atom stereocenters. The summed E-state index contributed by atoms with van der Waals surface area (Å²) < 4.78 is 16.9. The van der Waals surface area contributed by atoms with Crippen LogP contribution in [-0.2, 0) is 30.8 Å². The number of hydrogen-bond acceptors (Lipinski definition) is 4. The number of rotatable bonds is 7. The van der Waals surface area contributed by atoms with Crippen LogP contribution in [-0.4, -0.2) is 36.8 Å². The summed E-state index contributed by atoms with van der Waals surface area (Å²) in [7, 11) is 0. The van der Waals surface area contributed by atoms with E-state index in [-0.39, 0.29) is 24.7 Å². The molecule has 5 rings (SSSR count). The van der Waals surface area contributed by atoms with Crippen molar-refractivity contribution in [3.63, 3.8) is 0 Å². The smallest absolute Gasteiger partial charge is 0.318 e. The minimum absolute atomic E-state index is 0.0937. The molecule has 6 heteroatoms. The third-order valence-electron chi connectivity index (χ3n) is 7.28. The monoisotopic (exact) mass is 467 g/mol.